The van der Waals surface area contributed by atoms with Crippen LogP contribution in [0.2, 0.25) is 0 Å². The second-order valence-corrected chi connectivity index (χ2v) is 2.42. The molecule has 2 amide bonds. The molecule has 0 unspecified atom stereocenters. The van der Waals surface area contributed by atoms with Gasteiger partial charge in [-0.2, -0.15) is 0 Å². The monoisotopic (exact) mass is 162 g/mol. The van der Waals surface area contributed by atoms with Crippen LogP contribution >= 0.6 is 0 Å². The number of aryl methyl sites for hydroxylation is 1. The topological polar surface area (TPSA) is 46.2 Å². The number of amides is 2. The van der Waals surface area contributed by atoms with Crippen molar-refractivity contribution in [2.75, 3.05) is 0 Å². The lowest BCUT2D eigenvalue weighted by atomic mass is 10.1. The maximum atomic E-state index is 11.0. The minimum Gasteiger partial charge on any atom is -0.284 e. The van der Waals surface area contributed by atoms with E-state index in [0.717, 1.165) is 5.56 Å². The Morgan fingerprint density at radius 1 is 1.33 bits per heavy atom. The van der Waals surface area contributed by atoms with Crippen molar-refractivity contribution in [1.29, 1.82) is 0 Å². The first-order chi connectivity index (χ1) is 5.74. The molecule has 1 radical (unpaired) electrons. The molecule has 0 atom stereocenters. The van der Waals surface area contributed by atoms with Gasteiger partial charge in [-0.15, -0.1) is 0 Å². The summed E-state index contributed by atoms with van der Waals surface area (Å²) in [5, 5.41) is 1.94. The molecule has 0 aliphatic carbocycles. The Kier molecular flexibility index (Phi) is 2.58. The average molecular weight is 162 g/mol. The second kappa shape index (κ2) is 3.67. The van der Waals surface area contributed by atoms with Crippen LogP contribution in [0.4, 0.5) is 0 Å². The van der Waals surface area contributed by atoms with E-state index < -0.39 is 5.91 Å². The first-order valence-electron chi connectivity index (χ1n) is 3.48. The smallest absolute Gasteiger partial charge is 0.284 e. The van der Waals surface area contributed by atoms with Crippen molar-refractivity contribution >= 4 is 12.3 Å². The van der Waals surface area contributed by atoms with E-state index in [9.17, 15) is 9.59 Å². The SMILES string of the molecule is Cc1ccc(C(=O)N[C]=O)cc1. The Morgan fingerprint density at radius 3 is 2.42 bits per heavy atom. The van der Waals surface area contributed by atoms with E-state index in [2.05, 4.69) is 0 Å². The van der Waals surface area contributed by atoms with Crippen LogP contribution in [0.1, 0.15) is 15.9 Å². The highest BCUT2D eigenvalue weighted by atomic mass is 16.2. The van der Waals surface area contributed by atoms with Crippen LogP contribution in [0.15, 0.2) is 24.3 Å². The fraction of sp³-hybridized carbons (Fsp3) is 0.111. The van der Waals surface area contributed by atoms with Crippen LogP contribution in [-0.4, -0.2) is 12.3 Å². The standard InChI is InChI=1S/C9H8NO2/c1-7-2-4-8(5-3-7)9(12)10-6-11/h2-5H,1H3,(H,10,11,12). The molecule has 0 heterocycles. The number of hydrogen-bond acceptors (Lipinski definition) is 2. The molecule has 0 aromatic heterocycles. The molecule has 3 heteroatoms. The second-order valence-electron chi connectivity index (χ2n) is 2.42. The minimum atomic E-state index is -0.426. The molecule has 0 saturated heterocycles. The van der Waals surface area contributed by atoms with E-state index >= 15 is 0 Å². The van der Waals surface area contributed by atoms with Gasteiger partial charge in [-0.3, -0.25) is 14.9 Å². The molecule has 0 spiro atoms. The molecule has 1 aromatic carbocycles. The quantitative estimate of drug-likeness (QED) is 0.653. The molecule has 12 heavy (non-hydrogen) atoms. The van der Waals surface area contributed by atoms with Crippen molar-refractivity contribution in [2.24, 2.45) is 0 Å². The van der Waals surface area contributed by atoms with Gasteiger partial charge in [-0.05, 0) is 19.1 Å². The number of carbonyl (C=O) groups excluding carboxylic acids is 2. The first-order valence-corrected chi connectivity index (χ1v) is 3.48. The van der Waals surface area contributed by atoms with Crippen molar-refractivity contribution in [3.63, 3.8) is 0 Å². The molecule has 0 aliphatic rings. The van der Waals surface area contributed by atoms with E-state index in [4.69, 9.17) is 0 Å². The maximum absolute atomic E-state index is 11.0. The van der Waals surface area contributed by atoms with E-state index in [-0.39, 0.29) is 0 Å². The highest BCUT2D eigenvalue weighted by Crippen LogP contribution is 2.01. The van der Waals surface area contributed by atoms with Gasteiger partial charge in [0.25, 0.3) is 5.91 Å². The lowest BCUT2D eigenvalue weighted by Gasteiger charge is -1.97. The molecule has 3 nitrogen and oxygen atoms in total. The van der Waals surface area contributed by atoms with Gasteiger partial charge in [0, 0.05) is 5.56 Å². The Morgan fingerprint density at radius 2 is 1.92 bits per heavy atom. The van der Waals surface area contributed by atoms with Crippen molar-refractivity contribution in [3.8, 4) is 0 Å². The van der Waals surface area contributed by atoms with Crippen LogP contribution in [0.3, 0.4) is 0 Å². The molecule has 0 saturated carbocycles. The fourth-order valence-corrected chi connectivity index (χ4v) is 0.823. The predicted octanol–water partition coefficient (Wildman–Crippen LogP) is 0.792. The van der Waals surface area contributed by atoms with Gasteiger partial charge >= 0.3 is 6.41 Å². The third kappa shape index (κ3) is 1.92. The summed E-state index contributed by atoms with van der Waals surface area (Å²) in [6.45, 7) is 1.92. The zero-order chi connectivity index (χ0) is 8.97. The largest absolute Gasteiger partial charge is 0.316 e. The minimum absolute atomic E-state index is 0.426. The average Bonchev–Trinajstić information content (AvgIpc) is 2.06. The Hall–Kier alpha value is -1.64. The number of rotatable bonds is 2. The summed E-state index contributed by atoms with van der Waals surface area (Å²) in [4.78, 5) is 20.8. The molecular formula is C9H8NO2. The maximum Gasteiger partial charge on any atom is 0.316 e. The van der Waals surface area contributed by atoms with Gasteiger partial charge < -0.3 is 0 Å². The summed E-state index contributed by atoms with van der Waals surface area (Å²) in [6.07, 6.45) is 1.33. The summed E-state index contributed by atoms with van der Waals surface area (Å²) in [5.74, 6) is -0.426. The third-order valence-electron chi connectivity index (χ3n) is 1.48. The molecule has 61 valence electrons. The summed E-state index contributed by atoms with van der Waals surface area (Å²) < 4.78 is 0. The van der Waals surface area contributed by atoms with Crippen molar-refractivity contribution in [1.82, 2.24) is 5.32 Å². The highest BCUT2D eigenvalue weighted by molar-refractivity contribution is 5.99. The molecule has 1 aromatic rings. The summed E-state index contributed by atoms with van der Waals surface area (Å²) >= 11 is 0. The van der Waals surface area contributed by atoms with Crippen molar-refractivity contribution < 1.29 is 9.59 Å². The summed E-state index contributed by atoms with van der Waals surface area (Å²) in [7, 11) is 0. The van der Waals surface area contributed by atoms with Crippen LogP contribution in [0.25, 0.3) is 0 Å². The summed E-state index contributed by atoms with van der Waals surface area (Å²) in [5.41, 5.74) is 1.53. The zero-order valence-electron chi connectivity index (χ0n) is 6.63. The van der Waals surface area contributed by atoms with E-state index in [1.807, 2.05) is 12.2 Å². The van der Waals surface area contributed by atoms with Gasteiger partial charge in [0.1, 0.15) is 0 Å². The Balaban J connectivity index is 2.82. The number of carbonyl (C=O) groups is 1. The first kappa shape index (κ1) is 8.46. The van der Waals surface area contributed by atoms with Gasteiger partial charge in [-0.1, -0.05) is 17.7 Å². The summed E-state index contributed by atoms with van der Waals surface area (Å²) in [6, 6.07) is 6.92. The lowest BCUT2D eigenvalue weighted by molar-refractivity contribution is 0.0976. The van der Waals surface area contributed by atoms with E-state index in [0.29, 0.717) is 5.56 Å². The zero-order valence-corrected chi connectivity index (χ0v) is 6.63. The van der Waals surface area contributed by atoms with Gasteiger partial charge in [-0.25, -0.2) is 0 Å². The van der Waals surface area contributed by atoms with Crippen LogP contribution in [0, 0.1) is 6.92 Å². The lowest BCUT2D eigenvalue weighted by Crippen LogP contribution is -2.20. The Bertz CT molecular complexity index is 290. The van der Waals surface area contributed by atoms with Crippen LogP contribution < -0.4 is 5.32 Å². The molecular weight excluding hydrogens is 154 g/mol. The molecule has 0 bridgehead atoms. The normalized spacial score (nSPS) is 9.08. The third-order valence-corrected chi connectivity index (χ3v) is 1.48. The van der Waals surface area contributed by atoms with Gasteiger partial charge in [0.2, 0.25) is 0 Å². The Labute approximate surface area is 70.4 Å². The van der Waals surface area contributed by atoms with Gasteiger partial charge in [0.05, 0.1) is 0 Å². The predicted molar refractivity (Wildman–Crippen MR) is 44.3 cm³/mol. The van der Waals surface area contributed by atoms with Crippen molar-refractivity contribution in [3.05, 3.63) is 35.4 Å². The highest BCUT2D eigenvalue weighted by Gasteiger charge is 2.02. The molecule has 0 aliphatic heterocycles. The van der Waals surface area contributed by atoms with Gasteiger partial charge in [0.15, 0.2) is 0 Å². The fourth-order valence-electron chi connectivity index (χ4n) is 0.823. The van der Waals surface area contributed by atoms with E-state index in [1.54, 1.807) is 24.3 Å². The van der Waals surface area contributed by atoms with E-state index in [1.165, 1.54) is 6.41 Å². The van der Waals surface area contributed by atoms with Crippen LogP contribution in [0.5, 0.6) is 0 Å². The number of benzene rings is 1. The molecule has 1 rings (SSSR count). The van der Waals surface area contributed by atoms with Crippen LogP contribution in [-0.2, 0) is 4.79 Å². The molecule has 1 N–H and O–H groups in total. The molecule has 0 fully saturated rings. The van der Waals surface area contributed by atoms with Crippen molar-refractivity contribution in [2.45, 2.75) is 6.92 Å². The number of nitrogens with one attached hydrogen (secondary N) is 1. The number of hydrogen-bond donors (Lipinski definition) is 1. The number of imide groups is 1.